The van der Waals surface area contributed by atoms with Gasteiger partial charge in [-0.2, -0.15) is 0 Å². The standard InChI is InChI=1S/C32H31NO2/c1-34-31-18-16-25(27-12-6-8-14-29(27)31)22-33(21-20-24-10-4-3-5-11-24)23-26-17-19-32(35-2)30-15-9-7-13-28(26)30/h3-19H,20-23H2,1-2H3/p+1. The minimum absolute atomic E-state index is 0.927. The Labute approximate surface area is 207 Å². The van der Waals surface area contributed by atoms with Crippen molar-refractivity contribution in [2.24, 2.45) is 0 Å². The molecule has 0 aliphatic carbocycles. The van der Waals surface area contributed by atoms with Crippen molar-refractivity contribution in [3.8, 4) is 11.5 Å². The van der Waals surface area contributed by atoms with Gasteiger partial charge >= 0.3 is 0 Å². The van der Waals surface area contributed by atoms with Gasteiger partial charge in [0.25, 0.3) is 0 Å². The van der Waals surface area contributed by atoms with E-state index in [2.05, 4.69) is 103 Å². The molecule has 0 aliphatic heterocycles. The van der Waals surface area contributed by atoms with Gasteiger partial charge in [0.2, 0.25) is 0 Å². The molecule has 35 heavy (non-hydrogen) atoms. The van der Waals surface area contributed by atoms with Crippen molar-refractivity contribution in [3.63, 3.8) is 0 Å². The summed E-state index contributed by atoms with van der Waals surface area (Å²) in [6, 6.07) is 36.6. The topological polar surface area (TPSA) is 22.9 Å². The van der Waals surface area contributed by atoms with Gasteiger partial charge in [0.15, 0.2) is 0 Å². The van der Waals surface area contributed by atoms with E-state index in [1.165, 1.54) is 43.1 Å². The third-order valence-electron chi connectivity index (χ3n) is 6.88. The Hall–Kier alpha value is -3.82. The lowest BCUT2D eigenvalue weighted by molar-refractivity contribution is -0.927. The van der Waals surface area contributed by atoms with Crippen molar-refractivity contribution in [2.45, 2.75) is 19.5 Å². The summed E-state index contributed by atoms with van der Waals surface area (Å²) >= 11 is 0. The fourth-order valence-corrected chi connectivity index (χ4v) is 5.08. The van der Waals surface area contributed by atoms with Crippen molar-refractivity contribution in [1.29, 1.82) is 0 Å². The number of rotatable bonds is 9. The van der Waals surface area contributed by atoms with Crippen LogP contribution in [0.15, 0.2) is 103 Å². The summed E-state index contributed by atoms with van der Waals surface area (Å²) in [5, 5.41) is 4.88. The van der Waals surface area contributed by atoms with Crippen LogP contribution in [0.1, 0.15) is 16.7 Å². The highest BCUT2D eigenvalue weighted by Crippen LogP contribution is 2.29. The van der Waals surface area contributed by atoms with E-state index in [-0.39, 0.29) is 0 Å². The maximum absolute atomic E-state index is 5.64. The van der Waals surface area contributed by atoms with Crippen LogP contribution in [0.2, 0.25) is 0 Å². The zero-order valence-corrected chi connectivity index (χ0v) is 20.5. The van der Waals surface area contributed by atoms with E-state index < -0.39 is 0 Å². The molecule has 0 atom stereocenters. The van der Waals surface area contributed by atoms with Crippen LogP contribution < -0.4 is 14.4 Å². The number of hydrogen-bond donors (Lipinski definition) is 1. The number of nitrogens with one attached hydrogen (secondary N) is 1. The molecule has 5 rings (SSSR count). The summed E-state index contributed by atoms with van der Waals surface area (Å²) in [5.74, 6) is 1.85. The lowest BCUT2D eigenvalue weighted by atomic mass is 10.0. The van der Waals surface area contributed by atoms with Crippen molar-refractivity contribution in [3.05, 3.63) is 120 Å². The molecule has 0 unspecified atom stereocenters. The van der Waals surface area contributed by atoms with Gasteiger partial charge in [-0.15, -0.1) is 0 Å². The van der Waals surface area contributed by atoms with Crippen LogP contribution in [0.4, 0.5) is 0 Å². The number of hydrogen-bond acceptors (Lipinski definition) is 2. The highest BCUT2D eigenvalue weighted by atomic mass is 16.5. The molecule has 1 N–H and O–H groups in total. The Morgan fingerprint density at radius 1 is 0.514 bits per heavy atom. The first-order chi connectivity index (χ1) is 17.3. The summed E-state index contributed by atoms with van der Waals surface area (Å²) in [7, 11) is 3.49. The second kappa shape index (κ2) is 10.6. The Kier molecular flexibility index (Phi) is 6.97. The molecule has 0 aromatic heterocycles. The third kappa shape index (κ3) is 5.01. The Balaban J connectivity index is 1.50. The molecule has 3 nitrogen and oxygen atoms in total. The van der Waals surface area contributed by atoms with E-state index in [1.54, 1.807) is 14.2 Å². The van der Waals surface area contributed by atoms with Gasteiger partial charge in [0.05, 0.1) is 20.8 Å². The van der Waals surface area contributed by atoms with E-state index in [4.69, 9.17) is 9.47 Å². The number of quaternary nitrogens is 1. The minimum atomic E-state index is 0.927. The van der Waals surface area contributed by atoms with E-state index in [9.17, 15) is 0 Å². The van der Waals surface area contributed by atoms with Gasteiger partial charge in [0.1, 0.15) is 24.6 Å². The molecule has 0 saturated carbocycles. The van der Waals surface area contributed by atoms with Crippen molar-refractivity contribution in [1.82, 2.24) is 0 Å². The highest BCUT2D eigenvalue weighted by molar-refractivity contribution is 5.91. The molecule has 0 fully saturated rings. The highest BCUT2D eigenvalue weighted by Gasteiger charge is 2.17. The summed E-state index contributed by atoms with van der Waals surface area (Å²) in [6.45, 7) is 2.93. The first-order valence-corrected chi connectivity index (χ1v) is 12.2. The number of fused-ring (bicyclic) bond motifs is 2. The van der Waals surface area contributed by atoms with E-state index >= 15 is 0 Å². The van der Waals surface area contributed by atoms with Crippen molar-refractivity contribution in [2.75, 3.05) is 20.8 Å². The fourth-order valence-electron chi connectivity index (χ4n) is 5.08. The molecule has 0 aliphatic rings. The lowest BCUT2D eigenvalue weighted by Crippen LogP contribution is -3.09. The first-order valence-electron chi connectivity index (χ1n) is 12.2. The van der Waals surface area contributed by atoms with Crippen LogP contribution in [0.25, 0.3) is 21.5 Å². The Morgan fingerprint density at radius 2 is 0.971 bits per heavy atom. The second-order valence-electron chi connectivity index (χ2n) is 9.03. The average Bonchev–Trinajstić information content (AvgIpc) is 2.92. The monoisotopic (exact) mass is 462 g/mol. The third-order valence-corrected chi connectivity index (χ3v) is 6.88. The molecule has 176 valence electrons. The lowest BCUT2D eigenvalue weighted by Gasteiger charge is -2.22. The number of benzene rings is 5. The summed E-state index contributed by atoms with van der Waals surface area (Å²) in [6.07, 6.45) is 1.04. The van der Waals surface area contributed by atoms with Gasteiger partial charge < -0.3 is 14.4 Å². The molecule has 0 spiro atoms. The van der Waals surface area contributed by atoms with Crippen LogP contribution in [-0.2, 0) is 19.5 Å². The van der Waals surface area contributed by atoms with Gasteiger partial charge in [-0.1, -0.05) is 78.9 Å². The zero-order valence-electron chi connectivity index (χ0n) is 20.5. The quantitative estimate of drug-likeness (QED) is 0.297. The van der Waals surface area contributed by atoms with Crippen LogP contribution in [0, 0.1) is 0 Å². The largest absolute Gasteiger partial charge is 0.496 e. The van der Waals surface area contributed by atoms with Crippen molar-refractivity contribution >= 4 is 21.5 Å². The molecule has 0 amide bonds. The van der Waals surface area contributed by atoms with Gasteiger partial charge in [-0.3, -0.25) is 0 Å². The summed E-state index contributed by atoms with van der Waals surface area (Å²) in [5.41, 5.74) is 4.08. The molecule has 0 bridgehead atoms. The van der Waals surface area contributed by atoms with E-state index in [1.807, 2.05) is 0 Å². The molecule has 0 heterocycles. The maximum atomic E-state index is 5.64. The minimum Gasteiger partial charge on any atom is -0.496 e. The average molecular weight is 463 g/mol. The normalized spacial score (nSPS) is 11.3. The molecule has 5 aromatic carbocycles. The van der Waals surface area contributed by atoms with E-state index in [0.717, 1.165) is 37.6 Å². The maximum Gasteiger partial charge on any atom is 0.126 e. The first kappa shape index (κ1) is 22.9. The number of ether oxygens (including phenoxy) is 2. The smallest absolute Gasteiger partial charge is 0.126 e. The van der Waals surface area contributed by atoms with Crippen molar-refractivity contribution < 1.29 is 14.4 Å². The molecule has 5 aromatic rings. The molecule has 0 radical (unpaired) electrons. The SMILES string of the molecule is COc1ccc(C[NH+](CCc2ccccc2)Cc2ccc(OC)c3ccccc23)c2ccccc12. The zero-order chi connectivity index (χ0) is 24.0. The van der Waals surface area contributed by atoms with Gasteiger partial charge in [0, 0.05) is 28.3 Å². The predicted molar refractivity (Wildman–Crippen MR) is 144 cm³/mol. The van der Waals surface area contributed by atoms with Gasteiger partial charge in [-0.25, -0.2) is 0 Å². The summed E-state index contributed by atoms with van der Waals surface area (Å²) in [4.78, 5) is 1.53. The second-order valence-corrected chi connectivity index (χ2v) is 9.03. The Morgan fingerprint density at radius 3 is 1.46 bits per heavy atom. The van der Waals surface area contributed by atoms with Crippen LogP contribution >= 0.6 is 0 Å². The predicted octanol–water partition coefficient (Wildman–Crippen LogP) is 5.84. The molecular formula is C32H32NO2+. The van der Waals surface area contributed by atoms with Crippen LogP contribution in [-0.4, -0.2) is 20.8 Å². The van der Waals surface area contributed by atoms with E-state index in [0.29, 0.717) is 0 Å². The molecule has 0 saturated heterocycles. The van der Waals surface area contributed by atoms with Gasteiger partial charge in [-0.05, 0) is 40.6 Å². The summed E-state index contributed by atoms with van der Waals surface area (Å²) < 4.78 is 11.3. The number of methoxy groups -OCH3 is 2. The van der Waals surface area contributed by atoms with Crippen LogP contribution in [0.3, 0.4) is 0 Å². The molecule has 3 heteroatoms. The van der Waals surface area contributed by atoms with Crippen LogP contribution in [0.5, 0.6) is 11.5 Å². The molecular weight excluding hydrogens is 430 g/mol. The Bertz CT molecular complexity index is 1340. The fraction of sp³-hybridized carbons (Fsp3) is 0.188.